The lowest BCUT2D eigenvalue weighted by Gasteiger charge is -2.31. The van der Waals surface area contributed by atoms with Gasteiger partial charge in [0.1, 0.15) is 5.82 Å². The lowest BCUT2D eigenvalue weighted by Crippen LogP contribution is -2.57. The van der Waals surface area contributed by atoms with Crippen molar-refractivity contribution in [3.63, 3.8) is 0 Å². The molecule has 0 saturated carbocycles. The van der Waals surface area contributed by atoms with E-state index in [4.69, 9.17) is 5.73 Å². The van der Waals surface area contributed by atoms with E-state index in [1.54, 1.807) is 13.0 Å². The van der Waals surface area contributed by atoms with E-state index < -0.39 is 17.8 Å². The maximum atomic E-state index is 13.2. The van der Waals surface area contributed by atoms with Gasteiger partial charge in [-0.05, 0) is 24.6 Å². The highest BCUT2D eigenvalue weighted by atomic mass is 19.1. The third kappa shape index (κ3) is 4.24. The van der Waals surface area contributed by atoms with Crippen LogP contribution in [0, 0.1) is 12.7 Å². The molecule has 1 aliphatic heterocycles. The zero-order chi connectivity index (χ0) is 15.4. The molecule has 114 valence electrons. The summed E-state index contributed by atoms with van der Waals surface area (Å²) in [6.45, 7) is 3.58. The molecular weight excluding hydrogens is 275 g/mol. The standard InChI is InChI=1S/C14H19FN4O2/c1-9-2-3-10(15)6-11(9)18-13(20)8-19-5-4-17-12(7-19)14(16)21/h2-3,6,12,17H,4-5,7-8H2,1H3,(H2,16,21)(H,18,20). The van der Waals surface area contributed by atoms with Gasteiger partial charge in [0.25, 0.3) is 0 Å². The third-order valence-corrected chi connectivity index (χ3v) is 3.44. The van der Waals surface area contributed by atoms with E-state index in [1.165, 1.54) is 12.1 Å². The number of carbonyl (C=O) groups is 2. The van der Waals surface area contributed by atoms with Gasteiger partial charge in [0, 0.05) is 25.3 Å². The average Bonchev–Trinajstić information content (AvgIpc) is 2.43. The van der Waals surface area contributed by atoms with Crippen molar-refractivity contribution in [1.82, 2.24) is 10.2 Å². The van der Waals surface area contributed by atoms with Crippen molar-refractivity contribution in [1.29, 1.82) is 0 Å². The number of primary amides is 1. The number of nitrogens with one attached hydrogen (secondary N) is 2. The van der Waals surface area contributed by atoms with Crippen molar-refractivity contribution >= 4 is 17.5 Å². The number of amides is 2. The van der Waals surface area contributed by atoms with Gasteiger partial charge in [0.15, 0.2) is 0 Å². The van der Waals surface area contributed by atoms with Crippen LogP contribution in [0.1, 0.15) is 5.56 Å². The molecule has 0 spiro atoms. The first kappa shape index (κ1) is 15.4. The zero-order valence-electron chi connectivity index (χ0n) is 11.9. The molecule has 1 aliphatic rings. The van der Waals surface area contributed by atoms with Crippen molar-refractivity contribution in [2.24, 2.45) is 5.73 Å². The summed E-state index contributed by atoms with van der Waals surface area (Å²) in [5, 5.41) is 5.68. The highest BCUT2D eigenvalue weighted by molar-refractivity contribution is 5.93. The third-order valence-electron chi connectivity index (χ3n) is 3.44. The molecule has 0 aromatic heterocycles. The summed E-state index contributed by atoms with van der Waals surface area (Å²) < 4.78 is 13.2. The van der Waals surface area contributed by atoms with E-state index in [0.717, 1.165) is 5.56 Å². The van der Waals surface area contributed by atoms with Crippen LogP contribution in [-0.4, -0.2) is 48.9 Å². The fourth-order valence-corrected chi connectivity index (χ4v) is 2.27. The van der Waals surface area contributed by atoms with Crippen LogP contribution in [0.15, 0.2) is 18.2 Å². The topological polar surface area (TPSA) is 87.5 Å². The summed E-state index contributed by atoms with van der Waals surface area (Å²) in [7, 11) is 0. The summed E-state index contributed by atoms with van der Waals surface area (Å²) in [5.74, 6) is -1.07. The molecule has 6 nitrogen and oxygen atoms in total. The molecular formula is C14H19FN4O2. The second-order valence-electron chi connectivity index (χ2n) is 5.15. The predicted molar refractivity (Wildman–Crippen MR) is 77.2 cm³/mol. The fourth-order valence-electron chi connectivity index (χ4n) is 2.27. The summed E-state index contributed by atoms with van der Waals surface area (Å²) in [6, 6.07) is 3.80. The van der Waals surface area contributed by atoms with E-state index in [-0.39, 0.29) is 12.5 Å². The first-order valence-electron chi connectivity index (χ1n) is 6.77. The van der Waals surface area contributed by atoms with Crippen molar-refractivity contribution in [3.05, 3.63) is 29.6 Å². The van der Waals surface area contributed by atoms with Crippen LogP contribution >= 0.6 is 0 Å². The molecule has 4 N–H and O–H groups in total. The first-order valence-corrected chi connectivity index (χ1v) is 6.77. The number of hydrogen-bond donors (Lipinski definition) is 3. The molecule has 1 atom stereocenters. The van der Waals surface area contributed by atoms with Gasteiger partial charge in [-0.25, -0.2) is 4.39 Å². The predicted octanol–water partition coefficient (Wildman–Crippen LogP) is -0.168. The number of carbonyl (C=O) groups excluding carboxylic acids is 2. The summed E-state index contributed by atoms with van der Waals surface area (Å²) in [6.07, 6.45) is 0. The SMILES string of the molecule is Cc1ccc(F)cc1NC(=O)CN1CCNC(C(N)=O)C1. The molecule has 7 heteroatoms. The Morgan fingerprint density at radius 3 is 3.00 bits per heavy atom. The highest BCUT2D eigenvalue weighted by Crippen LogP contribution is 2.15. The van der Waals surface area contributed by atoms with E-state index >= 15 is 0 Å². The van der Waals surface area contributed by atoms with Crippen LogP contribution < -0.4 is 16.4 Å². The van der Waals surface area contributed by atoms with Crippen LogP contribution in [0.4, 0.5) is 10.1 Å². The fraction of sp³-hybridized carbons (Fsp3) is 0.429. The molecule has 1 saturated heterocycles. The first-order chi connectivity index (χ1) is 9.95. The van der Waals surface area contributed by atoms with Gasteiger partial charge in [-0.15, -0.1) is 0 Å². The lowest BCUT2D eigenvalue weighted by atomic mass is 10.2. The van der Waals surface area contributed by atoms with E-state index in [2.05, 4.69) is 10.6 Å². The summed E-state index contributed by atoms with van der Waals surface area (Å²) in [5.41, 5.74) is 6.50. The number of aryl methyl sites for hydroxylation is 1. The Bertz CT molecular complexity index is 550. The number of rotatable bonds is 4. The minimum absolute atomic E-state index is 0.140. The minimum atomic E-state index is -0.442. The molecule has 0 bridgehead atoms. The molecule has 0 radical (unpaired) electrons. The number of benzene rings is 1. The largest absolute Gasteiger partial charge is 0.368 e. The zero-order valence-corrected chi connectivity index (χ0v) is 11.9. The molecule has 2 amide bonds. The van der Waals surface area contributed by atoms with Gasteiger partial charge in [-0.1, -0.05) is 6.07 Å². The van der Waals surface area contributed by atoms with Gasteiger partial charge in [-0.2, -0.15) is 0 Å². The van der Waals surface area contributed by atoms with E-state index in [1.807, 2.05) is 4.90 Å². The van der Waals surface area contributed by atoms with Gasteiger partial charge >= 0.3 is 0 Å². The quantitative estimate of drug-likeness (QED) is 0.719. The van der Waals surface area contributed by atoms with Crippen LogP contribution in [0.25, 0.3) is 0 Å². The molecule has 1 aromatic carbocycles. The van der Waals surface area contributed by atoms with Crippen molar-refractivity contribution in [3.8, 4) is 0 Å². The molecule has 1 fully saturated rings. The van der Waals surface area contributed by atoms with E-state index in [0.29, 0.717) is 25.3 Å². The van der Waals surface area contributed by atoms with Crippen LogP contribution in [0.5, 0.6) is 0 Å². The second kappa shape index (κ2) is 6.64. The Hall–Kier alpha value is -1.99. The maximum Gasteiger partial charge on any atom is 0.238 e. The Labute approximate surface area is 122 Å². The minimum Gasteiger partial charge on any atom is -0.368 e. The Balaban J connectivity index is 1.92. The van der Waals surface area contributed by atoms with E-state index in [9.17, 15) is 14.0 Å². The van der Waals surface area contributed by atoms with Crippen LogP contribution in [-0.2, 0) is 9.59 Å². The monoisotopic (exact) mass is 294 g/mol. The van der Waals surface area contributed by atoms with Gasteiger partial charge in [0.05, 0.1) is 12.6 Å². The van der Waals surface area contributed by atoms with Crippen LogP contribution in [0.2, 0.25) is 0 Å². The Kier molecular flexibility index (Phi) is 4.87. The summed E-state index contributed by atoms with van der Waals surface area (Å²) >= 11 is 0. The number of nitrogens with zero attached hydrogens (tertiary/aromatic N) is 1. The average molecular weight is 294 g/mol. The van der Waals surface area contributed by atoms with Crippen molar-refractivity contribution in [2.45, 2.75) is 13.0 Å². The Morgan fingerprint density at radius 1 is 1.52 bits per heavy atom. The molecule has 0 aliphatic carbocycles. The van der Waals surface area contributed by atoms with Gasteiger partial charge in [0.2, 0.25) is 11.8 Å². The molecule has 1 aromatic rings. The highest BCUT2D eigenvalue weighted by Gasteiger charge is 2.24. The Morgan fingerprint density at radius 2 is 2.29 bits per heavy atom. The second-order valence-corrected chi connectivity index (χ2v) is 5.15. The lowest BCUT2D eigenvalue weighted by molar-refractivity contribution is -0.123. The van der Waals surface area contributed by atoms with Gasteiger partial charge < -0.3 is 16.4 Å². The van der Waals surface area contributed by atoms with Crippen molar-refractivity contribution in [2.75, 3.05) is 31.5 Å². The number of nitrogens with two attached hydrogens (primary N) is 1. The number of anilines is 1. The number of hydrogen-bond acceptors (Lipinski definition) is 4. The molecule has 2 rings (SSSR count). The molecule has 1 heterocycles. The number of halogens is 1. The number of piperazine rings is 1. The maximum absolute atomic E-state index is 13.2. The molecule has 21 heavy (non-hydrogen) atoms. The van der Waals surface area contributed by atoms with Gasteiger partial charge in [-0.3, -0.25) is 14.5 Å². The molecule has 1 unspecified atom stereocenters. The van der Waals surface area contributed by atoms with Crippen molar-refractivity contribution < 1.29 is 14.0 Å². The smallest absolute Gasteiger partial charge is 0.238 e. The summed E-state index contributed by atoms with van der Waals surface area (Å²) in [4.78, 5) is 25.0. The van der Waals surface area contributed by atoms with Crippen LogP contribution in [0.3, 0.4) is 0 Å². The normalized spacial score (nSPS) is 19.2.